The number of hydrogen-bond acceptors (Lipinski definition) is 5. The Bertz CT molecular complexity index is 1510. The summed E-state index contributed by atoms with van der Waals surface area (Å²) in [6, 6.07) is 13.0. The van der Waals surface area contributed by atoms with Gasteiger partial charge in [-0.25, -0.2) is 14.2 Å². The molecule has 9 nitrogen and oxygen atoms in total. The quantitative estimate of drug-likeness (QED) is 0.313. The number of imidazole rings is 1. The molecule has 2 aromatic carbocycles. The third kappa shape index (κ3) is 5.30. The summed E-state index contributed by atoms with van der Waals surface area (Å²) in [5, 5.41) is 13.0. The maximum Gasteiger partial charge on any atom is 0.412 e. The monoisotopic (exact) mass is 518 g/mol. The van der Waals surface area contributed by atoms with E-state index < -0.39 is 11.9 Å². The number of fused-ring (bicyclic) bond motifs is 1. The molecule has 2 aromatic heterocycles. The van der Waals surface area contributed by atoms with Crippen molar-refractivity contribution in [1.29, 1.82) is 0 Å². The van der Waals surface area contributed by atoms with Crippen molar-refractivity contribution < 1.29 is 28.6 Å². The van der Waals surface area contributed by atoms with E-state index in [0.717, 1.165) is 28.9 Å². The molecule has 1 aliphatic rings. The number of aromatic nitrogens is 2. The van der Waals surface area contributed by atoms with Gasteiger partial charge in [-0.15, -0.1) is 0 Å². The lowest BCUT2D eigenvalue weighted by Gasteiger charge is -2.21. The van der Waals surface area contributed by atoms with Gasteiger partial charge >= 0.3 is 6.09 Å². The number of halogens is 1. The largest absolute Gasteiger partial charge is 0.465 e. The van der Waals surface area contributed by atoms with Crippen molar-refractivity contribution in [2.45, 2.75) is 25.8 Å². The average molecular weight is 519 g/mol. The van der Waals surface area contributed by atoms with Crippen molar-refractivity contribution in [2.75, 3.05) is 25.2 Å². The van der Waals surface area contributed by atoms with Crippen LogP contribution in [0.15, 0.2) is 60.9 Å². The van der Waals surface area contributed by atoms with Crippen LogP contribution in [-0.2, 0) is 4.74 Å². The lowest BCUT2D eigenvalue weighted by Crippen LogP contribution is -2.33. The van der Waals surface area contributed by atoms with Crippen LogP contribution in [0.4, 0.5) is 14.9 Å². The van der Waals surface area contributed by atoms with E-state index in [1.165, 1.54) is 25.3 Å². The molecular weight excluding hydrogens is 491 g/mol. The van der Waals surface area contributed by atoms with Gasteiger partial charge < -0.3 is 19.9 Å². The second kappa shape index (κ2) is 10.5. The first-order chi connectivity index (χ1) is 18.3. The van der Waals surface area contributed by atoms with Crippen molar-refractivity contribution in [1.82, 2.24) is 14.7 Å². The Morgan fingerprint density at radius 3 is 2.68 bits per heavy atom. The molecule has 4 aromatic rings. The summed E-state index contributed by atoms with van der Waals surface area (Å²) in [5.74, 6) is -0.00515. The maximum absolute atomic E-state index is 13.8. The zero-order chi connectivity index (χ0) is 26.8. The molecule has 1 fully saturated rings. The average Bonchev–Trinajstić information content (AvgIpc) is 3.59. The molecule has 2 N–H and O–H groups in total. The topological polar surface area (TPSA) is 105 Å². The second-order valence-electron chi connectivity index (χ2n) is 9.16. The Morgan fingerprint density at radius 1 is 1.18 bits per heavy atom. The summed E-state index contributed by atoms with van der Waals surface area (Å²) in [4.78, 5) is 30.4. The highest BCUT2D eigenvalue weighted by molar-refractivity contribution is 5.97. The highest BCUT2D eigenvalue weighted by atomic mass is 19.1. The molecule has 38 heavy (non-hydrogen) atoms. The van der Waals surface area contributed by atoms with E-state index in [9.17, 15) is 19.1 Å². The van der Waals surface area contributed by atoms with Crippen LogP contribution in [-0.4, -0.2) is 52.8 Å². The van der Waals surface area contributed by atoms with Crippen LogP contribution in [0.1, 0.15) is 28.8 Å². The molecule has 0 aliphatic heterocycles. The molecule has 0 radical (unpaired) electrons. The van der Waals surface area contributed by atoms with Gasteiger partial charge in [0.25, 0.3) is 5.91 Å². The molecule has 10 heteroatoms. The highest BCUT2D eigenvalue weighted by Gasteiger charge is 2.25. The number of aryl methyl sites for hydroxylation is 1. The van der Waals surface area contributed by atoms with Gasteiger partial charge in [0.05, 0.1) is 36.9 Å². The molecule has 5 rings (SSSR count). The van der Waals surface area contributed by atoms with Gasteiger partial charge in [-0.1, -0.05) is 12.1 Å². The first-order valence-corrected chi connectivity index (χ1v) is 12.2. The molecule has 1 aliphatic carbocycles. The summed E-state index contributed by atoms with van der Waals surface area (Å²) < 4.78 is 26.5. The molecule has 0 unspecified atom stereocenters. The van der Waals surface area contributed by atoms with Crippen LogP contribution >= 0.6 is 0 Å². The second-order valence-corrected chi connectivity index (χ2v) is 9.16. The van der Waals surface area contributed by atoms with Crippen molar-refractivity contribution in [3.63, 3.8) is 0 Å². The van der Waals surface area contributed by atoms with Crippen LogP contribution in [0.5, 0.6) is 11.5 Å². The van der Waals surface area contributed by atoms with Crippen LogP contribution in [0.25, 0.3) is 16.9 Å². The zero-order valence-corrected chi connectivity index (χ0v) is 21.0. The third-order valence-electron chi connectivity index (χ3n) is 6.31. The smallest absolute Gasteiger partial charge is 0.412 e. The van der Waals surface area contributed by atoms with Crippen molar-refractivity contribution >= 4 is 23.3 Å². The van der Waals surface area contributed by atoms with Gasteiger partial charge in [0.1, 0.15) is 17.3 Å². The number of nitrogens with one attached hydrogen (secondary N) is 1. The van der Waals surface area contributed by atoms with Crippen LogP contribution in [0, 0.1) is 12.7 Å². The van der Waals surface area contributed by atoms with E-state index in [1.807, 2.05) is 19.1 Å². The van der Waals surface area contributed by atoms with Crippen molar-refractivity contribution in [3.05, 3.63) is 77.9 Å². The molecule has 2 amide bonds. The summed E-state index contributed by atoms with van der Waals surface area (Å²) >= 11 is 0. The normalized spacial score (nSPS) is 12.9. The van der Waals surface area contributed by atoms with Crippen LogP contribution in [0.3, 0.4) is 0 Å². The molecule has 1 saturated carbocycles. The maximum atomic E-state index is 13.8. The molecule has 196 valence electrons. The van der Waals surface area contributed by atoms with E-state index in [2.05, 4.69) is 10.3 Å². The first kappa shape index (κ1) is 25.2. The van der Waals surface area contributed by atoms with Crippen molar-refractivity contribution in [3.8, 4) is 22.8 Å². The molecule has 0 saturated heterocycles. The summed E-state index contributed by atoms with van der Waals surface area (Å²) in [6.07, 6.45) is 4.14. The third-order valence-corrected chi connectivity index (χ3v) is 6.31. The Kier molecular flexibility index (Phi) is 6.97. The minimum atomic E-state index is -1.18. The van der Waals surface area contributed by atoms with Crippen LogP contribution < -0.4 is 15.0 Å². The molecule has 0 spiro atoms. The Balaban J connectivity index is 1.59. The fourth-order valence-electron chi connectivity index (χ4n) is 4.25. The number of anilines is 1. The lowest BCUT2D eigenvalue weighted by molar-refractivity contribution is 0.0950. The predicted molar refractivity (Wildman–Crippen MR) is 140 cm³/mol. The Morgan fingerprint density at radius 2 is 2.00 bits per heavy atom. The number of amides is 2. The van der Waals surface area contributed by atoms with Gasteiger partial charge in [-0.2, -0.15) is 0 Å². The number of pyridine rings is 1. The van der Waals surface area contributed by atoms with Gasteiger partial charge in [-0.3, -0.25) is 14.1 Å². The summed E-state index contributed by atoms with van der Waals surface area (Å²) in [6.45, 7) is 2.11. The molecule has 0 bridgehead atoms. The molecular formula is C28H27FN4O5. The van der Waals surface area contributed by atoms with Crippen molar-refractivity contribution in [2.24, 2.45) is 0 Å². The van der Waals surface area contributed by atoms with E-state index in [0.29, 0.717) is 16.9 Å². The lowest BCUT2D eigenvalue weighted by atomic mass is 10.0. The first-order valence-electron chi connectivity index (χ1n) is 12.2. The molecule has 2 heterocycles. The highest BCUT2D eigenvalue weighted by Crippen LogP contribution is 2.34. The number of benzene rings is 2. The number of methoxy groups -OCH3 is 1. The summed E-state index contributed by atoms with van der Waals surface area (Å²) in [5.41, 5.74) is 3.52. The van der Waals surface area contributed by atoms with Gasteiger partial charge in [-0.05, 0) is 49.6 Å². The van der Waals surface area contributed by atoms with E-state index in [1.54, 1.807) is 35.0 Å². The van der Waals surface area contributed by atoms with Crippen LogP contribution in [0.2, 0.25) is 0 Å². The summed E-state index contributed by atoms with van der Waals surface area (Å²) in [7, 11) is 1.49. The SMILES string of the molecule is COCCN(C(=O)O)c1cc(Oc2cccc(F)c2)cn2c(-c3ccc(C(=O)NC4CC4)c(C)c3)cnc12. The fraction of sp³-hybridized carbons (Fsp3) is 0.250. The number of carbonyl (C=O) groups excluding carboxylic acids is 1. The standard InChI is InChI=1S/C28H27FN4O5/c1-17-12-18(6-9-23(17)27(34)31-20-7-8-20)25-15-30-26-24(32(28(35)36)10-11-37-2)14-22(16-33(25)26)38-21-5-3-4-19(29)13-21/h3-6,9,12-16,20H,7-8,10-11H2,1-2H3,(H,31,34)(H,35,36). The van der Waals surface area contributed by atoms with Gasteiger partial charge in [0, 0.05) is 36.4 Å². The predicted octanol–water partition coefficient (Wildman–Crippen LogP) is 5.26. The number of carboxylic acid groups (broad SMARTS) is 1. The van der Waals surface area contributed by atoms with E-state index >= 15 is 0 Å². The zero-order valence-electron chi connectivity index (χ0n) is 21.0. The number of ether oxygens (including phenoxy) is 2. The fourth-order valence-corrected chi connectivity index (χ4v) is 4.25. The number of hydrogen-bond donors (Lipinski definition) is 2. The number of nitrogens with zero attached hydrogens (tertiary/aromatic N) is 3. The van der Waals surface area contributed by atoms with E-state index in [-0.39, 0.29) is 42.3 Å². The minimum absolute atomic E-state index is 0.0665. The van der Waals surface area contributed by atoms with Gasteiger partial charge in [0.2, 0.25) is 0 Å². The number of carbonyl (C=O) groups is 2. The van der Waals surface area contributed by atoms with Gasteiger partial charge in [0.15, 0.2) is 5.65 Å². The number of rotatable bonds is 9. The molecule has 0 atom stereocenters. The van der Waals surface area contributed by atoms with E-state index in [4.69, 9.17) is 9.47 Å². The minimum Gasteiger partial charge on any atom is -0.465 e. The Hall–Kier alpha value is -4.44. The Labute approximate surface area is 218 Å².